The van der Waals surface area contributed by atoms with Crippen LogP contribution in [0.25, 0.3) is 0 Å². The molecule has 5 nitrogen and oxygen atoms in total. The Morgan fingerprint density at radius 2 is 1.71 bits per heavy atom. The van der Waals surface area contributed by atoms with Crippen molar-refractivity contribution in [1.82, 2.24) is 0 Å². The quantitative estimate of drug-likeness (QED) is 0.802. The molecule has 0 bridgehead atoms. The molecule has 4 rings (SSSR count). The van der Waals surface area contributed by atoms with Gasteiger partial charge in [0.05, 0.1) is 11.4 Å². The van der Waals surface area contributed by atoms with Crippen molar-refractivity contribution in [1.29, 1.82) is 0 Å². The van der Waals surface area contributed by atoms with Crippen molar-refractivity contribution in [3.05, 3.63) is 60.2 Å². The van der Waals surface area contributed by atoms with Gasteiger partial charge in [-0.3, -0.25) is 19.3 Å². The molecule has 2 aliphatic heterocycles. The molecule has 1 saturated heterocycles. The number of anilines is 2. The second kappa shape index (κ2) is 5.21. The third-order valence-electron chi connectivity index (χ3n) is 4.30. The number of para-hydroxylation sites is 2. The first-order valence-electron chi connectivity index (χ1n) is 7.54. The lowest BCUT2D eigenvalue weighted by molar-refractivity contribution is -0.128. The molecule has 2 aromatic rings. The Morgan fingerprint density at radius 3 is 2.42 bits per heavy atom. The average Bonchev–Trinajstić information content (AvgIpc) is 3.05. The van der Waals surface area contributed by atoms with Crippen molar-refractivity contribution < 1.29 is 14.4 Å². The summed E-state index contributed by atoms with van der Waals surface area (Å²) in [5, 5.41) is 0. The van der Waals surface area contributed by atoms with Gasteiger partial charge in [0.2, 0.25) is 16.7 Å². The fourth-order valence-electron chi connectivity index (χ4n) is 3.37. The van der Waals surface area contributed by atoms with Gasteiger partial charge in [0.25, 0.3) is 5.91 Å². The summed E-state index contributed by atoms with van der Waals surface area (Å²) in [6, 6.07) is 16.3. The van der Waals surface area contributed by atoms with Crippen molar-refractivity contribution in [3.8, 4) is 0 Å². The highest BCUT2D eigenvalue weighted by Crippen LogP contribution is 2.55. The predicted octanol–water partition coefficient (Wildman–Crippen LogP) is 2.51. The van der Waals surface area contributed by atoms with Gasteiger partial charge in [-0.1, -0.05) is 36.4 Å². The zero-order chi connectivity index (χ0) is 16.9. The Morgan fingerprint density at radius 1 is 1.04 bits per heavy atom. The van der Waals surface area contributed by atoms with Crippen molar-refractivity contribution in [3.63, 3.8) is 0 Å². The van der Waals surface area contributed by atoms with Crippen LogP contribution in [-0.2, 0) is 19.3 Å². The largest absolute Gasteiger partial charge is 0.283 e. The van der Waals surface area contributed by atoms with E-state index in [0.717, 1.165) is 0 Å². The number of carbonyl (C=O) groups is 3. The lowest BCUT2D eigenvalue weighted by Crippen LogP contribution is -2.50. The lowest BCUT2D eigenvalue weighted by atomic mass is 10.0. The van der Waals surface area contributed by atoms with Crippen LogP contribution in [0.15, 0.2) is 54.6 Å². The molecule has 0 saturated carbocycles. The van der Waals surface area contributed by atoms with Gasteiger partial charge in [-0.25, -0.2) is 4.90 Å². The SMILES string of the molecule is CC(=O)N1C(=O)C2(SCC(=O)N2c2ccccc2)c2ccccc21. The average molecular weight is 338 g/mol. The molecule has 0 N–H and O–H groups in total. The number of nitrogens with zero attached hydrogens (tertiary/aromatic N) is 2. The van der Waals surface area contributed by atoms with Gasteiger partial charge in [0.1, 0.15) is 0 Å². The Bertz CT molecular complexity index is 868. The highest BCUT2D eigenvalue weighted by atomic mass is 32.2. The fourth-order valence-corrected chi connectivity index (χ4v) is 4.71. The van der Waals surface area contributed by atoms with Crippen molar-refractivity contribution >= 4 is 40.9 Å². The van der Waals surface area contributed by atoms with Crippen LogP contribution < -0.4 is 9.80 Å². The molecule has 2 aliphatic rings. The van der Waals surface area contributed by atoms with Crippen LogP contribution in [-0.4, -0.2) is 23.5 Å². The maximum atomic E-state index is 13.2. The Labute approximate surface area is 143 Å². The first kappa shape index (κ1) is 15.0. The maximum absolute atomic E-state index is 13.2. The number of imide groups is 1. The maximum Gasteiger partial charge on any atom is 0.275 e. The molecular weight excluding hydrogens is 324 g/mol. The van der Waals surface area contributed by atoms with Crippen LogP contribution >= 0.6 is 11.8 Å². The molecule has 1 unspecified atom stereocenters. The lowest BCUT2D eigenvalue weighted by Gasteiger charge is -2.32. The van der Waals surface area contributed by atoms with Crippen molar-refractivity contribution in [2.24, 2.45) is 0 Å². The van der Waals surface area contributed by atoms with E-state index in [9.17, 15) is 14.4 Å². The van der Waals surface area contributed by atoms with Crippen LogP contribution in [0.1, 0.15) is 12.5 Å². The van der Waals surface area contributed by atoms with Crippen molar-refractivity contribution in [2.75, 3.05) is 15.6 Å². The minimum atomic E-state index is -1.21. The molecule has 2 aromatic carbocycles. The normalized spacial score (nSPS) is 22.4. The van der Waals surface area contributed by atoms with E-state index in [0.29, 0.717) is 16.9 Å². The summed E-state index contributed by atoms with van der Waals surface area (Å²) in [6.07, 6.45) is 0. The summed E-state index contributed by atoms with van der Waals surface area (Å²) in [5.41, 5.74) is 1.89. The number of rotatable bonds is 1. The fraction of sp³-hybridized carbons (Fsp3) is 0.167. The number of hydrogen-bond acceptors (Lipinski definition) is 4. The van der Waals surface area contributed by atoms with Gasteiger partial charge in [0, 0.05) is 18.2 Å². The number of hydrogen-bond donors (Lipinski definition) is 0. The molecule has 24 heavy (non-hydrogen) atoms. The number of thioether (sulfide) groups is 1. The smallest absolute Gasteiger partial charge is 0.275 e. The van der Waals surface area contributed by atoms with E-state index in [1.165, 1.54) is 28.5 Å². The monoisotopic (exact) mass is 338 g/mol. The summed E-state index contributed by atoms with van der Waals surface area (Å²) in [6.45, 7) is 1.36. The molecular formula is C18H14N2O3S. The van der Waals surface area contributed by atoms with Crippen LogP contribution in [0.3, 0.4) is 0 Å². The van der Waals surface area contributed by atoms with Gasteiger partial charge < -0.3 is 0 Å². The van der Waals surface area contributed by atoms with Gasteiger partial charge in [-0.2, -0.15) is 0 Å². The van der Waals surface area contributed by atoms with E-state index >= 15 is 0 Å². The Kier molecular flexibility index (Phi) is 3.25. The second-order valence-electron chi connectivity index (χ2n) is 5.67. The summed E-state index contributed by atoms with van der Waals surface area (Å²) in [5.74, 6) is -0.672. The molecule has 3 amide bonds. The van der Waals surface area contributed by atoms with Crippen LogP contribution in [0.2, 0.25) is 0 Å². The first-order chi connectivity index (χ1) is 11.6. The highest BCUT2D eigenvalue weighted by Gasteiger charge is 2.61. The van der Waals surface area contributed by atoms with Crippen LogP contribution in [0.5, 0.6) is 0 Å². The molecule has 120 valence electrons. The van der Waals surface area contributed by atoms with E-state index in [2.05, 4.69) is 0 Å². The molecule has 1 atom stereocenters. The highest BCUT2D eigenvalue weighted by molar-refractivity contribution is 8.02. The van der Waals surface area contributed by atoms with Gasteiger partial charge in [-0.15, -0.1) is 11.8 Å². The third-order valence-corrected chi connectivity index (χ3v) is 5.69. The van der Waals surface area contributed by atoms with Gasteiger partial charge >= 0.3 is 0 Å². The Balaban J connectivity index is 1.98. The molecule has 6 heteroatoms. The second-order valence-corrected chi connectivity index (χ2v) is 6.84. The minimum Gasteiger partial charge on any atom is -0.283 e. The van der Waals surface area contributed by atoms with E-state index in [4.69, 9.17) is 0 Å². The van der Waals surface area contributed by atoms with Crippen LogP contribution in [0, 0.1) is 0 Å². The minimum absolute atomic E-state index is 0.139. The molecule has 1 spiro atoms. The first-order valence-corrected chi connectivity index (χ1v) is 8.52. The van der Waals surface area contributed by atoms with E-state index in [-0.39, 0.29) is 23.5 Å². The van der Waals surface area contributed by atoms with Crippen molar-refractivity contribution in [2.45, 2.75) is 11.8 Å². The summed E-state index contributed by atoms with van der Waals surface area (Å²) in [4.78, 5) is 39.4. The zero-order valence-corrected chi connectivity index (χ0v) is 13.7. The number of benzene rings is 2. The van der Waals surface area contributed by atoms with E-state index < -0.39 is 4.87 Å². The topological polar surface area (TPSA) is 57.7 Å². The summed E-state index contributed by atoms with van der Waals surface area (Å²) >= 11 is 1.27. The molecule has 1 fully saturated rings. The molecule has 0 aliphatic carbocycles. The standard InChI is InChI=1S/C18H14N2O3S/c1-12(21)19-15-10-6-5-9-14(15)18(17(19)23)20(16(22)11-24-18)13-7-3-2-4-8-13/h2-10H,11H2,1H3. The van der Waals surface area contributed by atoms with Gasteiger partial charge in [-0.05, 0) is 18.2 Å². The molecule has 2 heterocycles. The Hall–Kier alpha value is -2.60. The zero-order valence-electron chi connectivity index (χ0n) is 12.9. The van der Waals surface area contributed by atoms with E-state index in [1.54, 1.807) is 24.3 Å². The summed E-state index contributed by atoms with van der Waals surface area (Å²) in [7, 11) is 0. The molecule has 0 aromatic heterocycles. The predicted molar refractivity (Wildman–Crippen MR) is 92.7 cm³/mol. The molecule has 0 radical (unpaired) electrons. The summed E-state index contributed by atoms with van der Waals surface area (Å²) < 4.78 is 0. The number of carbonyl (C=O) groups excluding carboxylic acids is 3. The van der Waals surface area contributed by atoms with Gasteiger partial charge in [0.15, 0.2) is 0 Å². The van der Waals surface area contributed by atoms with E-state index in [1.807, 2.05) is 30.3 Å². The number of fused-ring (bicyclic) bond motifs is 2. The van der Waals surface area contributed by atoms with Crippen LogP contribution in [0.4, 0.5) is 11.4 Å². The third kappa shape index (κ3) is 1.80. The number of amides is 3.